The molecule has 1 heterocycles. The Labute approximate surface area is 182 Å². The number of urea groups is 1. The number of benzene rings is 2. The summed E-state index contributed by atoms with van der Waals surface area (Å²) < 4.78 is 16.3. The van der Waals surface area contributed by atoms with Gasteiger partial charge in [0, 0.05) is 5.56 Å². The molecule has 3 rings (SSSR count). The number of carbonyl (C=O) groups excluding carboxylic acids is 2. The van der Waals surface area contributed by atoms with Crippen molar-refractivity contribution < 1.29 is 23.8 Å². The molecule has 0 bridgehead atoms. The number of hydrogen-bond donors (Lipinski definition) is 2. The summed E-state index contributed by atoms with van der Waals surface area (Å²) in [4.78, 5) is 25.4. The molecule has 0 saturated heterocycles. The number of carbonyl (C=O) groups is 2. The molecule has 7 heteroatoms. The van der Waals surface area contributed by atoms with E-state index in [4.69, 9.17) is 14.2 Å². The van der Waals surface area contributed by atoms with Gasteiger partial charge >= 0.3 is 12.0 Å². The number of nitrogens with one attached hydrogen (secondary N) is 2. The number of para-hydroxylation sites is 1. The van der Waals surface area contributed by atoms with Crippen LogP contribution in [0.2, 0.25) is 0 Å². The van der Waals surface area contributed by atoms with E-state index in [0.717, 1.165) is 19.3 Å². The Balaban J connectivity index is 2.06. The van der Waals surface area contributed by atoms with E-state index in [0.29, 0.717) is 40.5 Å². The molecule has 0 fully saturated rings. The van der Waals surface area contributed by atoms with Crippen LogP contribution in [-0.4, -0.2) is 32.8 Å². The Morgan fingerprint density at radius 1 is 1.03 bits per heavy atom. The van der Waals surface area contributed by atoms with Gasteiger partial charge in [-0.1, -0.05) is 38.0 Å². The van der Waals surface area contributed by atoms with Gasteiger partial charge in [0.05, 0.1) is 38.1 Å². The molecule has 1 aliphatic heterocycles. The number of ether oxygens (including phenoxy) is 3. The highest BCUT2D eigenvalue weighted by Crippen LogP contribution is 2.36. The molecule has 1 aliphatic rings. The molecule has 1 atom stereocenters. The van der Waals surface area contributed by atoms with Crippen LogP contribution in [0.5, 0.6) is 11.5 Å². The van der Waals surface area contributed by atoms with Gasteiger partial charge in [-0.25, -0.2) is 9.59 Å². The number of amides is 2. The maximum absolute atomic E-state index is 12.8. The van der Waals surface area contributed by atoms with Crippen molar-refractivity contribution in [2.24, 2.45) is 0 Å². The molecule has 31 heavy (non-hydrogen) atoms. The SMILES string of the molecule is CCCCCOc1ccccc1C1NC(=O)NC(c2ccc(OC)cc2)=C1C(=O)OC. The lowest BCUT2D eigenvalue weighted by atomic mass is 9.92. The summed E-state index contributed by atoms with van der Waals surface area (Å²) in [7, 11) is 2.90. The van der Waals surface area contributed by atoms with Gasteiger partial charge < -0.3 is 24.8 Å². The number of hydrogen-bond acceptors (Lipinski definition) is 5. The van der Waals surface area contributed by atoms with E-state index < -0.39 is 18.0 Å². The summed E-state index contributed by atoms with van der Waals surface area (Å²) in [5, 5.41) is 5.61. The minimum atomic E-state index is -0.722. The largest absolute Gasteiger partial charge is 0.497 e. The predicted octanol–water partition coefficient (Wildman–Crippen LogP) is 4.20. The molecule has 7 nitrogen and oxygen atoms in total. The summed E-state index contributed by atoms with van der Waals surface area (Å²) in [5.74, 6) is 0.761. The average Bonchev–Trinajstić information content (AvgIpc) is 2.81. The highest BCUT2D eigenvalue weighted by molar-refractivity contribution is 6.04. The van der Waals surface area contributed by atoms with E-state index in [9.17, 15) is 9.59 Å². The molecule has 1 unspecified atom stereocenters. The van der Waals surface area contributed by atoms with Crippen LogP contribution in [0, 0.1) is 0 Å². The van der Waals surface area contributed by atoms with Gasteiger partial charge in [0.1, 0.15) is 11.5 Å². The second-order valence-electron chi connectivity index (χ2n) is 7.13. The second-order valence-corrected chi connectivity index (χ2v) is 7.13. The maximum Gasteiger partial charge on any atom is 0.338 e. The number of rotatable bonds is 9. The fourth-order valence-corrected chi connectivity index (χ4v) is 3.50. The Kier molecular flexibility index (Phi) is 7.54. The van der Waals surface area contributed by atoms with Crippen LogP contribution in [0.4, 0.5) is 4.79 Å². The van der Waals surface area contributed by atoms with Crippen molar-refractivity contribution in [3.05, 3.63) is 65.2 Å². The minimum Gasteiger partial charge on any atom is -0.497 e. The molecule has 2 aromatic rings. The topological polar surface area (TPSA) is 85.9 Å². The molecular weight excluding hydrogens is 396 g/mol. The minimum absolute atomic E-state index is 0.303. The maximum atomic E-state index is 12.8. The van der Waals surface area contributed by atoms with Crippen molar-refractivity contribution in [1.82, 2.24) is 10.6 Å². The Hall–Kier alpha value is -3.48. The Morgan fingerprint density at radius 3 is 2.45 bits per heavy atom. The van der Waals surface area contributed by atoms with Gasteiger partial charge in [0.25, 0.3) is 0 Å². The van der Waals surface area contributed by atoms with Crippen molar-refractivity contribution in [2.45, 2.75) is 32.2 Å². The molecule has 2 N–H and O–H groups in total. The molecule has 0 radical (unpaired) electrons. The quantitative estimate of drug-likeness (QED) is 0.465. The Morgan fingerprint density at radius 2 is 1.77 bits per heavy atom. The molecule has 2 aromatic carbocycles. The number of esters is 1. The molecule has 0 saturated carbocycles. The van der Waals surface area contributed by atoms with Gasteiger partial charge in [-0.2, -0.15) is 0 Å². The molecule has 0 aliphatic carbocycles. The molecule has 0 spiro atoms. The molecule has 2 amide bonds. The zero-order valence-electron chi connectivity index (χ0n) is 18.1. The van der Waals surface area contributed by atoms with Crippen molar-refractivity contribution in [2.75, 3.05) is 20.8 Å². The van der Waals surface area contributed by atoms with Crippen LogP contribution in [-0.2, 0) is 9.53 Å². The highest BCUT2D eigenvalue weighted by atomic mass is 16.5. The lowest BCUT2D eigenvalue weighted by Gasteiger charge is -2.30. The summed E-state index contributed by atoms with van der Waals surface area (Å²) >= 11 is 0. The first-order chi connectivity index (χ1) is 15.1. The fraction of sp³-hybridized carbons (Fsp3) is 0.333. The van der Waals surface area contributed by atoms with E-state index in [-0.39, 0.29) is 0 Å². The third-order valence-corrected chi connectivity index (χ3v) is 5.09. The fourth-order valence-electron chi connectivity index (χ4n) is 3.50. The van der Waals surface area contributed by atoms with Crippen LogP contribution in [0.1, 0.15) is 43.4 Å². The van der Waals surface area contributed by atoms with Crippen LogP contribution < -0.4 is 20.1 Å². The molecular formula is C24H28N2O5. The average molecular weight is 424 g/mol. The first kappa shape index (κ1) is 22.2. The van der Waals surface area contributed by atoms with E-state index in [2.05, 4.69) is 17.6 Å². The van der Waals surface area contributed by atoms with Crippen LogP contribution in [0.15, 0.2) is 54.1 Å². The van der Waals surface area contributed by atoms with Gasteiger partial charge in [0.15, 0.2) is 0 Å². The van der Waals surface area contributed by atoms with Crippen molar-refractivity contribution >= 4 is 17.7 Å². The van der Waals surface area contributed by atoms with Gasteiger partial charge in [0.2, 0.25) is 0 Å². The number of unbranched alkanes of at least 4 members (excludes halogenated alkanes) is 2. The first-order valence-electron chi connectivity index (χ1n) is 10.3. The van der Waals surface area contributed by atoms with E-state index in [1.54, 1.807) is 31.4 Å². The first-order valence-corrected chi connectivity index (χ1v) is 10.3. The van der Waals surface area contributed by atoms with Crippen molar-refractivity contribution in [3.63, 3.8) is 0 Å². The smallest absolute Gasteiger partial charge is 0.338 e. The lowest BCUT2D eigenvalue weighted by Crippen LogP contribution is -2.45. The Bertz CT molecular complexity index is 953. The van der Waals surface area contributed by atoms with Gasteiger partial charge in [-0.15, -0.1) is 0 Å². The second kappa shape index (κ2) is 10.5. The normalized spacial score (nSPS) is 15.7. The third-order valence-electron chi connectivity index (χ3n) is 5.09. The van der Waals surface area contributed by atoms with Crippen LogP contribution in [0.25, 0.3) is 5.70 Å². The summed E-state index contributed by atoms with van der Waals surface area (Å²) in [6, 6.07) is 13.4. The molecule has 164 valence electrons. The van der Waals surface area contributed by atoms with Crippen molar-refractivity contribution in [1.29, 1.82) is 0 Å². The van der Waals surface area contributed by atoms with Gasteiger partial charge in [-0.05, 0) is 42.3 Å². The lowest BCUT2D eigenvalue weighted by molar-refractivity contribution is -0.136. The van der Waals surface area contributed by atoms with E-state index >= 15 is 0 Å². The van der Waals surface area contributed by atoms with Crippen molar-refractivity contribution in [3.8, 4) is 11.5 Å². The summed E-state index contributed by atoms with van der Waals surface area (Å²) in [5.41, 5.74) is 2.06. The third kappa shape index (κ3) is 5.17. The predicted molar refractivity (Wildman–Crippen MR) is 118 cm³/mol. The summed E-state index contributed by atoms with van der Waals surface area (Å²) in [6.45, 7) is 2.69. The standard InChI is InChI=1S/C24H28N2O5/c1-4-5-8-15-31-19-10-7-6-9-18(19)22-20(23(27)30-3)21(25-24(28)26-22)16-11-13-17(29-2)14-12-16/h6-7,9-14,22H,4-5,8,15H2,1-3H3,(H2,25,26,28). The van der Waals surface area contributed by atoms with Gasteiger partial charge in [-0.3, -0.25) is 0 Å². The molecule has 0 aromatic heterocycles. The number of methoxy groups -OCH3 is 2. The highest BCUT2D eigenvalue weighted by Gasteiger charge is 2.35. The zero-order valence-corrected chi connectivity index (χ0v) is 18.1. The summed E-state index contributed by atoms with van der Waals surface area (Å²) in [6.07, 6.45) is 3.09. The van der Waals surface area contributed by atoms with Crippen LogP contribution in [0.3, 0.4) is 0 Å². The van der Waals surface area contributed by atoms with E-state index in [1.807, 2.05) is 24.3 Å². The monoisotopic (exact) mass is 424 g/mol. The van der Waals surface area contributed by atoms with Crippen LogP contribution >= 0.6 is 0 Å². The van der Waals surface area contributed by atoms with E-state index in [1.165, 1.54) is 7.11 Å². The zero-order chi connectivity index (χ0) is 22.2.